The van der Waals surface area contributed by atoms with Gasteiger partial charge in [-0.15, -0.1) is 0 Å². The molecule has 1 atom stereocenters. The third-order valence-corrected chi connectivity index (χ3v) is 3.53. The molecule has 0 aliphatic rings. The smallest absolute Gasteiger partial charge is 0.251 e. The van der Waals surface area contributed by atoms with Crippen LogP contribution in [0.4, 0.5) is 0 Å². The van der Waals surface area contributed by atoms with Gasteiger partial charge in [-0.2, -0.15) is 30.4 Å². The molecule has 8 heteroatoms. The zero-order valence-corrected chi connectivity index (χ0v) is 12.4. The Hall–Kier alpha value is -2.77. The summed E-state index contributed by atoms with van der Waals surface area (Å²) in [5.74, 6) is 0.112. The summed E-state index contributed by atoms with van der Waals surface area (Å²) in [6.07, 6.45) is 3.25. The van der Waals surface area contributed by atoms with E-state index in [2.05, 4.69) is 44.8 Å². The molecule has 2 heterocycles. The lowest BCUT2D eigenvalue weighted by Gasteiger charge is -2.21. The molecule has 3 rings (SSSR count). The quantitative estimate of drug-likeness (QED) is 0.732. The molecule has 0 saturated heterocycles. The zero-order valence-electron chi connectivity index (χ0n) is 12.4. The molecular weight excluding hydrogens is 282 g/mol. The lowest BCUT2D eigenvalue weighted by atomic mass is 10.0. The number of nitrogens with one attached hydrogen (secondary N) is 2. The summed E-state index contributed by atoms with van der Waals surface area (Å²) in [6, 6.07) is 5.17. The minimum atomic E-state index is -0.143. The van der Waals surface area contributed by atoms with E-state index in [0.717, 1.165) is 5.52 Å². The lowest BCUT2D eigenvalue weighted by molar-refractivity contribution is 0.0918. The van der Waals surface area contributed by atoms with Crippen LogP contribution >= 0.6 is 0 Å². The van der Waals surface area contributed by atoms with Crippen LogP contribution in [0.15, 0.2) is 30.6 Å². The molecule has 22 heavy (non-hydrogen) atoms. The molecule has 0 aliphatic carbocycles. The monoisotopic (exact) mass is 299 g/mol. The van der Waals surface area contributed by atoms with Crippen molar-refractivity contribution in [1.29, 1.82) is 0 Å². The van der Waals surface area contributed by atoms with Gasteiger partial charge in [0.15, 0.2) is 0 Å². The van der Waals surface area contributed by atoms with Gasteiger partial charge in [0.05, 0.1) is 25.0 Å². The lowest BCUT2D eigenvalue weighted by Crippen LogP contribution is -2.42. The Kier molecular flexibility index (Phi) is 3.82. The Morgan fingerprint density at radius 2 is 1.95 bits per heavy atom. The molecule has 3 aromatic rings. The molecule has 0 aliphatic heterocycles. The van der Waals surface area contributed by atoms with E-state index < -0.39 is 0 Å². The van der Waals surface area contributed by atoms with Crippen LogP contribution in [0, 0.1) is 5.92 Å². The van der Waals surface area contributed by atoms with Crippen molar-refractivity contribution in [2.24, 2.45) is 5.92 Å². The number of nitrogens with zero attached hydrogens (tertiary/aromatic N) is 5. The number of hydrogen-bond donors (Lipinski definition) is 2. The molecule has 1 amide bonds. The maximum absolute atomic E-state index is 12.4. The first-order chi connectivity index (χ1) is 10.6. The van der Waals surface area contributed by atoms with Crippen molar-refractivity contribution in [3.63, 3.8) is 0 Å². The molecule has 0 spiro atoms. The van der Waals surface area contributed by atoms with Gasteiger partial charge in [-0.25, -0.2) is 0 Å². The van der Waals surface area contributed by atoms with E-state index in [9.17, 15) is 4.79 Å². The maximum Gasteiger partial charge on any atom is 0.251 e. The van der Waals surface area contributed by atoms with Crippen molar-refractivity contribution >= 4 is 16.9 Å². The van der Waals surface area contributed by atoms with Gasteiger partial charge in [0.2, 0.25) is 0 Å². The fourth-order valence-electron chi connectivity index (χ4n) is 2.17. The highest BCUT2D eigenvalue weighted by molar-refractivity contribution is 5.97. The largest absolute Gasteiger partial charge is 0.347 e. The van der Waals surface area contributed by atoms with E-state index >= 15 is 0 Å². The standard InChI is InChI=1S/C14H17N7O/c1-9(2)13(8-21-15-5-6-16-21)17-14(22)10-3-4-11-12(7-10)19-20-18-11/h3-7,9,13H,8H2,1-2H3,(H,17,22)(H,18,19,20). The van der Waals surface area contributed by atoms with Crippen molar-refractivity contribution in [2.45, 2.75) is 26.4 Å². The highest BCUT2D eigenvalue weighted by Gasteiger charge is 2.19. The number of fused-ring (bicyclic) bond motifs is 1. The molecule has 2 aromatic heterocycles. The van der Waals surface area contributed by atoms with Gasteiger partial charge in [-0.3, -0.25) is 4.79 Å². The van der Waals surface area contributed by atoms with Crippen LogP contribution in [0.25, 0.3) is 11.0 Å². The van der Waals surface area contributed by atoms with Gasteiger partial charge >= 0.3 is 0 Å². The summed E-state index contributed by atoms with van der Waals surface area (Å²) in [4.78, 5) is 14.0. The fourth-order valence-corrected chi connectivity index (χ4v) is 2.17. The summed E-state index contributed by atoms with van der Waals surface area (Å²) in [5.41, 5.74) is 1.96. The molecular formula is C14H17N7O. The third-order valence-electron chi connectivity index (χ3n) is 3.53. The Morgan fingerprint density at radius 1 is 1.23 bits per heavy atom. The van der Waals surface area contributed by atoms with E-state index in [1.807, 2.05) is 0 Å². The number of H-pyrrole nitrogens is 1. The van der Waals surface area contributed by atoms with Gasteiger partial charge in [0.1, 0.15) is 11.0 Å². The summed E-state index contributed by atoms with van der Waals surface area (Å²) in [6.45, 7) is 4.63. The normalized spacial score (nSPS) is 12.7. The van der Waals surface area contributed by atoms with E-state index in [-0.39, 0.29) is 17.9 Å². The number of rotatable bonds is 5. The van der Waals surface area contributed by atoms with E-state index in [1.54, 1.807) is 35.4 Å². The van der Waals surface area contributed by atoms with E-state index in [1.165, 1.54) is 0 Å². The van der Waals surface area contributed by atoms with Crippen molar-refractivity contribution in [1.82, 2.24) is 35.7 Å². The Balaban J connectivity index is 1.75. The second kappa shape index (κ2) is 5.92. The molecule has 0 radical (unpaired) electrons. The fraction of sp³-hybridized carbons (Fsp3) is 0.357. The minimum absolute atomic E-state index is 0.0621. The molecule has 114 valence electrons. The summed E-state index contributed by atoms with van der Waals surface area (Å²) in [7, 11) is 0. The molecule has 1 unspecified atom stereocenters. The molecule has 0 bridgehead atoms. The van der Waals surface area contributed by atoms with Crippen LogP contribution in [0.3, 0.4) is 0 Å². The third kappa shape index (κ3) is 2.95. The van der Waals surface area contributed by atoms with E-state index in [4.69, 9.17) is 0 Å². The second-order valence-electron chi connectivity index (χ2n) is 5.44. The maximum atomic E-state index is 12.4. The van der Waals surface area contributed by atoms with E-state index in [0.29, 0.717) is 17.6 Å². The Bertz CT molecular complexity index is 762. The number of amides is 1. The summed E-state index contributed by atoms with van der Waals surface area (Å²) >= 11 is 0. The number of benzene rings is 1. The summed E-state index contributed by atoms with van der Waals surface area (Å²) < 4.78 is 0. The van der Waals surface area contributed by atoms with Crippen LogP contribution < -0.4 is 5.32 Å². The second-order valence-corrected chi connectivity index (χ2v) is 5.44. The molecule has 8 nitrogen and oxygen atoms in total. The number of aromatic amines is 1. The van der Waals surface area contributed by atoms with Gasteiger partial charge in [-0.1, -0.05) is 13.8 Å². The van der Waals surface area contributed by atoms with Crippen molar-refractivity contribution in [3.05, 3.63) is 36.2 Å². The van der Waals surface area contributed by atoms with Crippen LogP contribution in [0.2, 0.25) is 0 Å². The highest BCUT2D eigenvalue weighted by Crippen LogP contribution is 2.12. The molecule has 1 aromatic carbocycles. The first kappa shape index (κ1) is 14.2. The van der Waals surface area contributed by atoms with Gasteiger partial charge in [0, 0.05) is 5.56 Å². The number of aromatic nitrogens is 6. The predicted molar refractivity (Wildman–Crippen MR) is 80.0 cm³/mol. The first-order valence-electron chi connectivity index (χ1n) is 7.09. The average molecular weight is 299 g/mol. The topological polar surface area (TPSA) is 101 Å². The van der Waals surface area contributed by atoms with Crippen LogP contribution in [-0.2, 0) is 6.54 Å². The van der Waals surface area contributed by atoms with Crippen molar-refractivity contribution < 1.29 is 4.79 Å². The van der Waals surface area contributed by atoms with Gasteiger partial charge < -0.3 is 5.32 Å². The number of carbonyl (C=O) groups is 1. The van der Waals surface area contributed by atoms with Crippen LogP contribution in [-0.4, -0.2) is 42.4 Å². The SMILES string of the molecule is CC(C)C(Cn1nccn1)NC(=O)c1ccc2n[nH]nc2c1. The highest BCUT2D eigenvalue weighted by atomic mass is 16.1. The summed E-state index contributed by atoms with van der Waals surface area (Å²) in [5, 5.41) is 21.7. The number of hydrogen-bond acceptors (Lipinski definition) is 5. The number of carbonyl (C=O) groups excluding carboxylic acids is 1. The first-order valence-corrected chi connectivity index (χ1v) is 7.09. The predicted octanol–water partition coefficient (Wildman–Crippen LogP) is 1.00. The average Bonchev–Trinajstić information content (AvgIpc) is 3.16. The zero-order chi connectivity index (χ0) is 15.5. The Morgan fingerprint density at radius 3 is 2.68 bits per heavy atom. The van der Waals surface area contributed by atoms with Gasteiger partial charge in [-0.05, 0) is 24.1 Å². The van der Waals surface area contributed by atoms with Crippen LogP contribution in [0.5, 0.6) is 0 Å². The van der Waals surface area contributed by atoms with Gasteiger partial charge in [0.25, 0.3) is 5.91 Å². The van der Waals surface area contributed by atoms with Crippen LogP contribution in [0.1, 0.15) is 24.2 Å². The molecule has 0 saturated carbocycles. The molecule has 0 fully saturated rings. The minimum Gasteiger partial charge on any atom is -0.347 e. The van der Waals surface area contributed by atoms with Crippen molar-refractivity contribution in [2.75, 3.05) is 0 Å². The molecule has 2 N–H and O–H groups in total. The van der Waals surface area contributed by atoms with Crippen molar-refractivity contribution in [3.8, 4) is 0 Å². The Labute approximate surface area is 126 Å².